The summed E-state index contributed by atoms with van der Waals surface area (Å²) in [6.07, 6.45) is 0. The Morgan fingerprint density at radius 1 is 1.27 bits per heavy atom. The Labute approximate surface area is 72.7 Å². The maximum atomic E-state index is 5.95. The number of halogens is 1. The summed E-state index contributed by atoms with van der Waals surface area (Å²) >= 11 is 5.95. The quantitative estimate of drug-likeness (QED) is 0.419. The van der Waals surface area contributed by atoms with Crippen LogP contribution in [0.5, 0.6) is 0 Å². The lowest BCUT2D eigenvalue weighted by Gasteiger charge is -2.46. The Balaban J connectivity index is 2.82. The van der Waals surface area contributed by atoms with Gasteiger partial charge in [0.2, 0.25) is 0 Å². The van der Waals surface area contributed by atoms with Crippen LogP contribution in [0, 0.1) is 10.8 Å². The molecule has 0 aromatic carbocycles. The number of hydrogen-bond donors (Lipinski definition) is 0. The SMILES string of the molecule is CC1(C)COOC(Cl)C1(C)C. The van der Waals surface area contributed by atoms with Crippen molar-refractivity contribution in [3.05, 3.63) is 0 Å². The predicted molar refractivity (Wildman–Crippen MR) is 44.2 cm³/mol. The van der Waals surface area contributed by atoms with Gasteiger partial charge in [0, 0.05) is 10.8 Å². The first-order valence-electron chi connectivity index (χ1n) is 3.80. The number of rotatable bonds is 0. The molecule has 0 aromatic rings. The third-order valence-electron chi connectivity index (χ3n) is 2.88. The number of hydrogen-bond acceptors (Lipinski definition) is 2. The molecular formula is C8H15ClO2. The van der Waals surface area contributed by atoms with Crippen LogP contribution in [-0.2, 0) is 9.78 Å². The molecular weight excluding hydrogens is 164 g/mol. The van der Waals surface area contributed by atoms with Crippen molar-refractivity contribution in [1.29, 1.82) is 0 Å². The second kappa shape index (κ2) is 2.61. The summed E-state index contributed by atoms with van der Waals surface area (Å²) < 4.78 is 0. The molecule has 1 rings (SSSR count). The molecule has 0 spiro atoms. The molecule has 0 aromatic heterocycles. The van der Waals surface area contributed by atoms with Crippen LogP contribution in [0.25, 0.3) is 0 Å². The Morgan fingerprint density at radius 3 is 2.18 bits per heavy atom. The van der Waals surface area contributed by atoms with Gasteiger partial charge in [-0.3, -0.25) is 0 Å². The van der Waals surface area contributed by atoms with Gasteiger partial charge in [0.1, 0.15) is 0 Å². The van der Waals surface area contributed by atoms with Crippen molar-refractivity contribution in [2.24, 2.45) is 10.8 Å². The lowest BCUT2D eigenvalue weighted by molar-refractivity contribution is -0.380. The molecule has 0 aliphatic carbocycles. The first-order chi connectivity index (χ1) is 4.88. The highest BCUT2D eigenvalue weighted by Crippen LogP contribution is 2.47. The van der Waals surface area contributed by atoms with Gasteiger partial charge in [-0.25, -0.2) is 9.78 Å². The smallest absolute Gasteiger partial charge is 0.172 e. The van der Waals surface area contributed by atoms with E-state index in [-0.39, 0.29) is 16.4 Å². The van der Waals surface area contributed by atoms with E-state index in [2.05, 4.69) is 27.7 Å². The predicted octanol–water partition coefficient (Wildman–Crippen LogP) is 2.57. The van der Waals surface area contributed by atoms with Gasteiger partial charge in [-0.1, -0.05) is 39.3 Å². The molecule has 0 saturated carbocycles. The molecule has 0 amide bonds. The van der Waals surface area contributed by atoms with E-state index in [0.717, 1.165) is 0 Å². The lowest BCUT2D eigenvalue weighted by atomic mass is 9.68. The molecule has 0 bridgehead atoms. The second-order valence-electron chi connectivity index (χ2n) is 4.28. The van der Waals surface area contributed by atoms with Crippen molar-refractivity contribution in [2.45, 2.75) is 33.3 Å². The average molecular weight is 179 g/mol. The maximum absolute atomic E-state index is 5.95. The van der Waals surface area contributed by atoms with Gasteiger partial charge in [0.25, 0.3) is 0 Å². The zero-order chi connectivity index (χ0) is 8.70. The Kier molecular flexibility index (Phi) is 2.21. The largest absolute Gasteiger partial charge is 0.235 e. The molecule has 1 atom stereocenters. The molecule has 1 saturated heterocycles. The van der Waals surface area contributed by atoms with E-state index in [0.29, 0.717) is 6.61 Å². The van der Waals surface area contributed by atoms with Crippen molar-refractivity contribution in [3.63, 3.8) is 0 Å². The third-order valence-corrected chi connectivity index (χ3v) is 3.50. The minimum Gasteiger partial charge on any atom is -0.235 e. The minimum absolute atomic E-state index is 0.0488. The van der Waals surface area contributed by atoms with E-state index in [1.54, 1.807) is 0 Å². The number of alkyl halides is 1. The summed E-state index contributed by atoms with van der Waals surface area (Å²) in [5, 5.41) is 0. The molecule has 3 heteroatoms. The maximum Gasteiger partial charge on any atom is 0.172 e. The van der Waals surface area contributed by atoms with Gasteiger partial charge >= 0.3 is 0 Å². The summed E-state index contributed by atoms with van der Waals surface area (Å²) in [6, 6.07) is 0. The topological polar surface area (TPSA) is 18.5 Å². The first kappa shape index (κ1) is 9.30. The van der Waals surface area contributed by atoms with Gasteiger partial charge in [0.15, 0.2) is 5.56 Å². The van der Waals surface area contributed by atoms with Crippen LogP contribution in [0.1, 0.15) is 27.7 Å². The van der Waals surface area contributed by atoms with Crippen molar-refractivity contribution >= 4 is 11.6 Å². The lowest BCUT2D eigenvalue weighted by Crippen LogP contribution is -2.48. The Morgan fingerprint density at radius 2 is 1.82 bits per heavy atom. The van der Waals surface area contributed by atoms with Crippen LogP contribution in [-0.4, -0.2) is 12.2 Å². The molecule has 1 aliphatic heterocycles. The van der Waals surface area contributed by atoms with Crippen LogP contribution in [0.2, 0.25) is 0 Å². The summed E-state index contributed by atoms with van der Waals surface area (Å²) in [5.74, 6) is 0. The van der Waals surface area contributed by atoms with E-state index in [1.165, 1.54) is 0 Å². The molecule has 0 radical (unpaired) electrons. The fourth-order valence-corrected chi connectivity index (χ4v) is 1.20. The van der Waals surface area contributed by atoms with Gasteiger partial charge < -0.3 is 0 Å². The standard InChI is InChI=1S/C8H15ClO2/c1-7(2)5-10-11-6(9)8(7,3)4/h6H,5H2,1-4H3. The molecule has 0 N–H and O–H groups in total. The van der Waals surface area contributed by atoms with Crippen LogP contribution in [0.3, 0.4) is 0 Å². The van der Waals surface area contributed by atoms with E-state index in [9.17, 15) is 0 Å². The van der Waals surface area contributed by atoms with Crippen LogP contribution < -0.4 is 0 Å². The van der Waals surface area contributed by atoms with Gasteiger partial charge in [-0.05, 0) is 0 Å². The monoisotopic (exact) mass is 178 g/mol. The van der Waals surface area contributed by atoms with Crippen molar-refractivity contribution in [2.75, 3.05) is 6.61 Å². The molecule has 2 nitrogen and oxygen atoms in total. The van der Waals surface area contributed by atoms with Gasteiger partial charge in [-0.15, -0.1) is 0 Å². The summed E-state index contributed by atoms with van der Waals surface area (Å²) in [5.41, 5.74) is -0.337. The summed E-state index contributed by atoms with van der Waals surface area (Å²) in [7, 11) is 0. The van der Waals surface area contributed by atoms with E-state index in [4.69, 9.17) is 21.4 Å². The Bertz CT molecular complexity index is 154. The zero-order valence-corrected chi connectivity index (χ0v) is 8.23. The third kappa shape index (κ3) is 1.40. The van der Waals surface area contributed by atoms with E-state index in [1.807, 2.05) is 0 Å². The first-order valence-corrected chi connectivity index (χ1v) is 4.24. The molecule has 66 valence electrons. The fraction of sp³-hybridized carbons (Fsp3) is 1.00. The second-order valence-corrected chi connectivity index (χ2v) is 4.68. The summed E-state index contributed by atoms with van der Waals surface area (Å²) in [4.78, 5) is 9.79. The average Bonchev–Trinajstić information content (AvgIpc) is 1.84. The normalized spacial score (nSPS) is 35.2. The van der Waals surface area contributed by atoms with Gasteiger partial charge in [-0.2, -0.15) is 0 Å². The molecule has 1 unspecified atom stereocenters. The highest BCUT2D eigenvalue weighted by molar-refractivity contribution is 6.20. The minimum atomic E-state index is -0.355. The van der Waals surface area contributed by atoms with Crippen molar-refractivity contribution < 1.29 is 9.78 Å². The highest BCUT2D eigenvalue weighted by Gasteiger charge is 2.47. The molecule has 1 fully saturated rings. The Hall–Kier alpha value is 0.210. The highest BCUT2D eigenvalue weighted by atomic mass is 35.5. The fourth-order valence-electron chi connectivity index (χ4n) is 0.855. The van der Waals surface area contributed by atoms with Crippen LogP contribution >= 0.6 is 11.6 Å². The molecule has 1 aliphatic rings. The zero-order valence-electron chi connectivity index (χ0n) is 7.48. The van der Waals surface area contributed by atoms with Crippen LogP contribution in [0.4, 0.5) is 0 Å². The van der Waals surface area contributed by atoms with E-state index >= 15 is 0 Å². The molecule has 11 heavy (non-hydrogen) atoms. The molecule has 1 heterocycles. The van der Waals surface area contributed by atoms with Crippen LogP contribution in [0.15, 0.2) is 0 Å². The summed E-state index contributed by atoms with van der Waals surface area (Å²) in [6.45, 7) is 9.04. The van der Waals surface area contributed by atoms with Crippen molar-refractivity contribution in [3.8, 4) is 0 Å². The van der Waals surface area contributed by atoms with E-state index < -0.39 is 0 Å². The van der Waals surface area contributed by atoms with Crippen molar-refractivity contribution in [1.82, 2.24) is 0 Å². The van der Waals surface area contributed by atoms with Gasteiger partial charge in [0.05, 0.1) is 6.61 Å².